The highest BCUT2D eigenvalue weighted by molar-refractivity contribution is 5.98. The zero-order valence-electron chi connectivity index (χ0n) is 22.2. The molecule has 204 valence electrons. The Bertz CT molecular complexity index is 1410. The number of carbonyl (C=O) groups excluding carboxylic acids is 2. The monoisotopic (exact) mass is 532 g/mol. The van der Waals surface area contributed by atoms with Crippen LogP contribution < -0.4 is 25.4 Å². The molecule has 0 saturated carbocycles. The molecular formula is C28H32N6O5. The molecule has 11 heteroatoms. The summed E-state index contributed by atoms with van der Waals surface area (Å²) in [5.41, 5.74) is 2.20. The summed E-state index contributed by atoms with van der Waals surface area (Å²) >= 11 is 0. The van der Waals surface area contributed by atoms with Gasteiger partial charge in [0.05, 0.1) is 20.8 Å². The van der Waals surface area contributed by atoms with Crippen molar-refractivity contribution < 1.29 is 23.5 Å². The van der Waals surface area contributed by atoms with Gasteiger partial charge in [-0.2, -0.15) is 5.26 Å². The number of likely N-dealkylation sites (tertiary alicyclic amines) is 1. The van der Waals surface area contributed by atoms with Crippen molar-refractivity contribution in [3.8, 4) is 17.7 Å². The third-order valence-electron chi connectivity index (χ3n) is 6.41. The molecule has 2 aromatic carbocycles. The predicted molar refractivity (Wildman–Crippen MR) is 146 cm³/mol. The fourth-order valence-corrected chi connectivity index (χ4v) is 4.57. The fraction of sp³-hybridized carbons (Fsp3) is 0.357. The maximum Gasteiger partial charge on any atom is 0.247 e. The first-order chi connectivity index (χ1) is 18.9. The van der Waals surface area contributed by atoms with Gasteiger partial charge in [-0.3, -0.25) is 14.9 Å². The first-order valence-corrected chi connectivity index (χ1v) is 12.7. The van der Waals surface area contributed by atoms with Gasteiger partial charge >= 0.3 is 0 Å². The van der Waals surface area contributed by atoms with E-state index >= 15 is 0 Å². The number of methoxy groups -OCH3 is 2. The number of guanidine groups is 1. The second-order valence-corrected chi connectivity index (χ2v) is 9.15. The van der Waals surface area contributed by atoms with Gasteiger partial charge in [-0.05, 0) is 56.5 Å². The molecule has 2 heterocycles. The number of rotatable bonds is 8. The molecule has 3 aromatic rings. The summed E-state index contributed by atoms with van der Waals surface area (Å²) in [5, 5.41) is 18.7. The molecule has 39 heavy (non-hydrogen) atoms. The van der Waals surface area contributed by atoms with Gasteiger partial charge in [-0.15, -0.1) is 0 Å². The SMILES string of the molecule is COc1cccc(CNC(=O)CN2CCCCC(N=C(NC#N)Nc3ccc4oc(C)cc4c3)C2=O)c1OC. The van der Waals surface area contributed by atoms with Gasteiger partial charge in [0, 0.05) is 29.7 Å². The molecule has 1 aliphatic rings. The minimum Gasteiger partial charge on any atom is -0.493 e. The summed E-state index contributed by atoms with van der Waals surface area (Å²) in [7, 11) is 3.09. The van der Waals surface area contributed by atoms with E-state index in [1.165, 1.54) is 4.90 Å². The van der Waals surface area contributed by atoms with Gasteiger partial charge in [-0.25, -0.2) is 4.99 Å². The molecule has 1 aliphatic heterocycles. The molecule has 2 amide bonds. The second-order valence-electron chi connectivity index (χ2n) is 9.15. The number of amides is 2. The van der Waals surface area contributed by atoms with Gasteiger partial charge in [0.2, 0.25) is 17.8 Å². The molecule has 1 fully saturated rings. The minimum atomic E-state index is -0.734. The number of hydrogen-bond acceptors (Lipinski definition) is 7. The van der Waals surface area contributed by atoms with Crippen molar-refractivity contribution in [3.63, 3.8) is 0 Å². The number of anilines is 1. The van der Waals surface area contributed by atoms with E-state index in [2.05, 4.69) is 20.9 Å². The summed E-state index contributed by atoms with van der Waals surface area (Å²) in [4.78, 5) is 32.2. The number of para-hydroxylation sites is 1. The number of nitrogens with zero attached hydrogens (tertiary/aromatic N) is 3. The first-order valence-electron chi connectivity index (χ1n) is 12.7. The van der Waals surface area contributed by atoms with Gasteiger partial charge < -0.3 is 29.4 Å². The molecule has 1 aromatic heterocycles. The Balaban J connectivity index is 1.43. The molecule has 3 N–H and O–H groups in total. The summed E-state index contributed by atoms with van der Waals surface area (Å²) in [6.07, 6.45) is 3.90. The van der Waals surface area contributed by atoms with Crippen LogP contribution in [0.25, 0.3) is 11.0 Å². The lowest BCUT2D eigenvalue weighted by molar-refractivity contribution is -0.136. The number of carbonyl (C=O) groups is 2. The van der Waals surface area contributed by atoms with E-state index in [4.69, 9.17) is 13.9 Å². The number of nitriles is 1. The average molecular weight is 533 g/mol. The fourth-order valence-electron chi connectivity index (χ4n) is 4.57. The number of hydrogen-bond donors (Lipinski definition) is 3. The first kappa shape index (κ1) is 27.3. The molecule has 1 saturated heterocycles. The van der Waals surface area contributed by atoms with E-state index in [9.17, 15) is 14.9 Å². The number of ether oxygens (including phenoxy) is 2. The highest BCUT2D eigenvalue weighted by atomic mass is 16.5. The van der Waals surface area contributed by atoms with Crippen LogP contribution in [0.15, 0.2) is 51.9 Å². The van der Waals surface area contributed by atoms with Crippen LogP contribution in [-0.2, 0) is 16.1 Å². The number of aryl methyl sites for hydroxylation is 1. The Morgan fingerprint density at radius 2 is 2.05 bits per heavy atom. The molecule has 11 nitrogen and oxygen atoms in total. The Hall–Kier alpha value is -4.72. The maximum atomic E-state index is 13.4. The molecular weight excluding hydrogens is 500 g/mol. The highest BCUT2D eigenvalue weighted by Crippen LogP contribution is 2.30. The highest BCUT2D eigenvalue weighted by Gasteiger charge is 2.28. The van der Waals surface area contributed by atoms with Gasteiger partial charge in [-0.1, -0.05) is 12.1 Å². The Morgan fingerprint density at radius 3 is 2.82 bits per heavy atom. The van der Waals surface area contributed by atoms with Crippen LogP contribution in [0.3, 0.4) is 0 Å². The standard InChI is InChI=1S/C28H32N6O5/c1-18-13-20-14-21(10-11-23(20)39-18)32-28(31-17-29)33-22-8-4-5-12-34(27(22)36)16-25(35)30-15-19-7-6-9-24(37-2)26(19)38-3/h6-7,9-11,13-14,22H,4-5,8,12,15-16H2,1-3H3,(H,30,35)(H2,31,32,33). The van der Waals surface area contributed by atoms with E-state index in [1.54, 1.807) is 20.3 Å². The Morgan fingerprint density at radius 1 is 1.21 bits per heavy atom. The van der Waals surface area contributed by atoms with Crippen molar-refractivity contribution in [1.29, 1.82) is 5.26 Å². The van der Waals surface area contributed by atoms with E-state index in [-0.39, 0.29) is 30.9 Å². The summed E-state index contributed by atoms with van der Waals surface area (Å²) in [5.74, 6) is 1.51. The predicted octanol–water partition coefficient (Wildman–Crippen LogP) is 3.29. The lowest BCUT2D eigenvalue weighted by Crippen LogP contribution is -2.44. The third-order valence-corrected chi connectivity index (χ3v) is 6.41. The zero-order valence-corrected chi connectivity index (χ0v) is 22.2. The topological polar surface area (TPSA) is 141 Å². The minimum absolute atomic E-state index is 0.0952. The van der Waals surface area contributed by atoms with E-state index in [1.807, 2.05) is 49.5 Å². The zero-order chi connectivity index (χ0) is 27.8. The van der Waals surface area contributed by atoms with Gasteiger partial charge in [0.1, 0.15) is 17.4 Å². The van der Waals surface area contributed by atoms with Crippen molar-refractivity contribution in [2.45, 2.75) is 38.8 Å². The number of aliphatic imine (C=N–C) groups is 1. The number of nitrogens with one attached hydrogen (secondary N) is 3. The quantitative estimate of drug-likeness (QED) is 0.174. The largest absolute Gasteiger partial charge is 0.493 e. The van der Waals surface area contributed by atoms with Crippen molar-refractivity contribution in [2.75, 3.05) is 32.6 Å². The van der Waals surface area contributed by atoms with Crippen molar-refractivity contribution in [2.24, 2.45) is 4.99 Å². The average Bonchev–Trinajstić information content (AvgIpc) is 3.22. The van der Waals surface area contributed by atoms with E-state index in [0.29, 0.717) is 30.2 Å². The van der Waals surface area contributed by atoms with Gasteiger partial charge in [0.15, 0.2) is 17.7 Å². The van der Waals surface area contributed by atoms with Crippen LogP contribution in [0, 0.1) is 18.4 Å². The molecule has 1 atom stereocenters. The van der Waals surface area contributed by atoms with E-state index < -0.39 is 6.04 Å². The van der Waals surface area contributed by atoms with Crippen LogP contribution in [0.5, 0.6) is 11.5 Å². The van der Waals surface area contributed by atoms with E-state index in [0.717, 1.165) is 35.1 Å². The van der Waals surface area contributed by atoms with Crippen molar-refractivity contribution in [3.05, 3.63) is 53.8 Å². The molecule has 1 unspecified atom stereocenters. The Labute approximate surface area is 226 Å². The normalized spacial score (nSPS) is 15.8. The van der Waals surface area contributed by atoms with Crippen molar-refractivity contribution in [1.82, 2.24) is 15.5 Å². The van der Waals surface area contributed by atoms with Crippen LogP contribution in [-0.4, -0.2) is 56.0 Å². The number of furan rings is 1. The maximum absolute atomic E-state index is 13.4. The lowest BCUT2D eigenvalue weighted by Gasteiger charge is -2.23. The number of benzene rings is 2. The molecule has 0 bridgehead atoms. The second kappa shape index (κ2) is 12.7. The molecule has 4 rings (SSSR count). The van der Waals surface area contributed by atoms with Crippen LogP contribution >= 0.6 is 0 Å². The molecule has 0 aliphatic carbocycles. The third kappa shape index (κ3) is 6.78. The van der Waals surface area contributed by atoms with Crippen molar-refractivity contribution >= 4 is 34.4 Å². The summed E-state index contributed by atoms with van der Waals surface area (Å²) in [6, 6.07) is 12.1. The van der Waals surface area contributed by atoms with Crippen LogP contribution in [0.2, 0.25) is 0 Å². The van der Waals surface area contributed by atoms with Crippen LogP contribution in [0.1, 0.15) is 30.6 Å². The Kier molecular flexibility index (Phi) is 8.89. The smallest absolute Gasteiger partial charge is 0.247 e. The van der Waals surface area contributed by atoms with Crippen LogP contribution in [0.4, 0.5) is 5.69 Å². The van der Waals surface area contributed by atoms with Gasteiger partial charge in [0.25, 0.3) is 0 Å². The number of fused-ring (bicyclic) bond motifs is 1. The summed E-state index contributed by atoms with van der Waals surface area (Å²) in [6.45, 7) is 2.45. The molecule has 0 spiro atoms. The lowest BCUT2D eigenvalue weighted by atomic mass is 10.1. The molecule has 0 radical (unpaired) electrons. The summed E-state index contributed by atoms with van der Waals surface area (Å²) < 4.78 is 16.3.